The van der Waals surface area contributed by atoms with Gasteiger partial charge in [-0.1, -0.05) is 38.1 Å². The molecule has 2 nitrogen and oxygen atoms in total. The highest BCUT2D eigenvalue weighted by Crippen LogP contribution is 2.52. The van der Waals surface area contributed by atoms with Crippen LogP contribution < -0.4 is 5.32 Å². The molecule has 1 saturated heterocycles. The van der Waals surface area contributed by atoms with E-state index in [9.17, 15) is 0 Å². The zero-order chi connectivity index (χ0) is 14.4. The second-order valence-corrected chi connectivity index (χ2v) is 7.71. The SMILES string of the molecule is CC1(C)C(NC2CCCc3ccccc32)C2CCCOC21. The van der Waals surface area contributed by atoms with Gasteiger partial charge in [0.2, 0.25) is 0 Å². The first-order chi connectivity index (χ1) is 10.2. The Hall–Kier alpha value is -0.860. The Morgan fingerprint density at radius 2 is 2.00 bits per heavy atom. The number of fused-ring (bicyclic) bond motifs is 2. The monoisotopic (exact) mass is 285 g/mol. The minimum Gasteiger partial charge on any atom is -0.377 e. The molecule has 114 valence electrons. The van der Waals surface area contributed by atoms with Crippen molar-refractivity contribution in [1.82, 2.24) is 5.32 Å². The fraction of sp³-hybridized carbons (Fsp3) is 0.684. The average molecular weight is 285 g/mol. The summed E-state index contributed by atoms with van der Waals surface area (Å²) in [5.41, 5.74) is 3.37. The molecule has 1 aromatic carbocycles. The molecule has 1 heterocycles. The first kappa shape index (κ1) is 13.8. The van der Waals surface area contributed by atoms with Gasteiger partial charge < -0.3 is 10.1 Å². The van der Waals surface area contributed by atoms with Crippen molar-refractivity contribution < 1.29 is 4.74 Å². The van der Waals surface area contributed by atoms with E-state index in [4.69, 9.17) is 4.74 Å². The fourth-order valence-electron chi connectivity index (χ4n) is 5.00. The number of aryl methyl sites for hydroxylation is 1. The van der Waals surface area contributed by atoms with Gasteiger partial charge in [-0.05, 0) is 43.2 Å². The van der Waals surface area contributed by atoms with E-state index in [0.717, 1.165) is 12.5 Å². The van der Waals surface area contributed by atoms with Crippen LogP contribution in [0.3, 0.4) is 0 Å². The summed E-state index contributed by atoms with van der Waals surface area (Å²) in [5, 5.41) is 4.02. The molecule has 3 aliphatic rings. The number of nitrogens with one attached hydrogen (secondary N) is 1. The zero-order valence-electron chi connectivity index (χ0n) is 13.3. The fourth-order valence-corrected chi connectivity index (χ4v) is 5.00. The Balaban J connectivity index is 1.54. The van der Waals surface area contributed by atoms with Crippen molar-refractivity contribution in [3.8, 4) is 0 Å². The Bertz CT molecular complexity index is 524. The highest BCUT2D eigenvalue weighted by atomic mass is 16.5. The number of benzene rings is 1. The standard InChI is InChI=1S/C19H27NO/c1-19(2)17(15-10-6-12-21-18(15)19)20-16-11-5-8-13-7-3-4-9-14(13)16/h3-4,7,9,15-18,20H,5-6,8,10-12H2,1-2H3. The predicted octanol–water partition coefficient (Wildman–Crippen LogP) is 3.86. The molecule has 1 aromatic rings. The average Bonchev–Trinajstić information content (AvgIpc) is 2.52. The second-order valence-electron chi connectivity index (χ2n) is 7.71. The maximum absolute atomic E-state index is 6.04. The molecule has 0 spiro atoms. The molecule has 4 rings (SSSR count). The van der Waals surface area contributed by atoms with Gasteiger partial charge in [-0.15, -0.1) is 0 Å². The third-order valence-electron chi connectivity index (χ3n) is 6.08. The minimum absolute atomic E-state index is 0.275. The van der Waals surface area contributed by atoms with Crippen molar-refractivity contribution in [2.75, 3.05) is 6.61 Å². The van der Waals surface area contributed by atoms with E-state index in [1.807, 2.05) is 0 Å². The molecule has 0 bridgehead atoms. The molecule has 2 aliphatic carbocycles. The lowest BCUT2D eigenvalue weighted by Crippen LogP contribution is -2.69. The van der Waals surface area contributed by atoms with E-state index in [-0.39, 0.29) is 5.41 Å². The first-order valence-corrected chi connectivity index (χ1v) is 8.63. The molecule has 1 N–H and O–H groups in total. The van der Waals surface area contributed by atoms with Gasteiger partial charge in [-0.25, -0.2) is 0 Å². The maximum Gasteiger partial charge on any atom is 0.0684 e. The highest BCUT2D eigenvalue weighted by Gasteiger charge is 2.58. The molecule has 4 unspecified atom stereocenters. The van der Waals surface area contributed by atoms with Crippen LogP contribution >= 0.6 is 0 Å². The molecule has 0 radical (unpaired) electrons. The molecule has 1 aliphatic heterocycles. The summed E-state index contributed by atoms with van der Waals surface area (Å²) in [6, 6.07) is 10.2. The Kier molecular flexibility index (Phi) is 3.35. The summed E-state index contributed by atoms with van der Waals surface area (Å²) in [6.45, 7) is 5.72. The van der Waals surface area contributed by atoms with Gasteiger partial charge in [0.25, 0.3) is 0 Å². The summed E-state index contributed by atoms with van der Waals surface area (Å²) >= 11 is 0. The topological polar surface area (TPSA) is 21.3 Å². The highest BCUT2D eigenvalue weighted by molar-refractivity contribution is 5.32. The predicted molar refractivity (Wildman–Crippen MR) is 85.3 cm³/mol. The van der Waals surface area contributed by atoms with Crippen molar-refractivity contribution >= 4 is 0 Å². The van der Waals surface area contributed by atoms with Crippen LogP contribution in [0.1, 0.15) is 56.7 Å². The summed E-state index contributed by atoms with van der Waals surface area (Å²) in [5.74, 6) is 0.725. The number of ether oxygens (including phenoxy) is 1. The van der Waals surface area contributed by atoms with Crippen LogP contribution in [0.5, 0.6) is 0 Å². The summed E-state index contributed by atoms with van der Waals surface area (Å²) in [7, 11) is 0. The maximum atomic E-state index is 6.04. The Morgan fingerprint density at radius 3 is 2.90 bits per heavy atom. The smallest absolute Gasteiger partial charge is 0.0684 e. The van der Waals surface area contributed by atoms with E-state index in [0.29, 0.717) is 18.2 Å². The van der Waals surface area contributed by atoms with Gasteiger partial charge in [-0.2, -0.15) is 0 Å². The first-order valence-electron chi connectivity index (χ1n) is 8.63. The molecular weight excluding hydrogens is 258 g/mol. The van der Waals surface area contributed by atoms with Gasteiger partial charge in [0.05, 0.1) is 6.10 Å². The minimum atomic E-state index is 0.275. The van der Waals surface area contributed by atoms with Gasteiger partial charge in [0.15, 0.2) is 0 Å². The normalized spacial score (nSPS) is 37.2. The lowest BCUT2D eigenvalue weighted by molar-refractivity contribution is -0.194. The number of hydrogen-bond acceptors (Lipinski definition) is 2. The van der Waals surface area contributed by atoms with Crippen molar-refractivity contribution in [2.45, 2.75) is 64.1 Å². The van der Waals surface area contributed by atoms with Crippen molar-refractivity contribution in [3.05, 3.63) is 35.4 Å². The lowest BCUT2D eigenvalue weighted by Gasteiger charge is -2.61. The molecule has 4 atom stereocenters. The van der Waals surface area contributed by atoms with Crippen LogP contribution in [0.15, 0.2) is 24.3 Å². The van der Waals surface area contributed by atoms with E-state index >= 15 is 0 Å². The molecule has 2 fully saturated rings. The Labute approximate surface area is 128 Å². The third kappa shape index (κ3) is 2.15. The van der Waals surface area contributed by atoms with Crippen LogP contribution in [0.25, 0.3) is 0 Å². The van der Waals surface area contributed by atoms with Crippen LogP contribution in [-0.4, -0.2) is 18.8 Å². The van der Waals surface area contributed by atoms with E-state index in [1.165, 1.54) is 32.1 Å². The number of rotatable bonds is 2. The summed E-state index contributed by atoms with van der Waals surface area (Å²) in [6.07, 6.45) is 6.88. The van der Waals surface area contributed by atoms with Gasteiger partial charge in [-0.3, -0.25) is 0 Å². The summed E-state index contributed by atoms with van der Waals surface area (Å²) < 4.78 is 6.04. The van der Waals surface area contributed by atoms with Crippen LogP contribution in [0, 0.1) is 11.3 Å². The van der Waals surface area contributed by atoms with Gasteiger partial charge in [0.1, 0.15) is 0 Å². The van der Waals surface area contributed by atoms with Crippen LogP contribution in [0.4, 0.5) is 0 Å². The van der Waals surface area contributed by atoms with Crippen molar-refractivity contribution in [3.63, 3.8) is 0 Å². The molecule has 0 amide bonds. The molecule has 2 heteroatoms. The van der Waals surface area contributed by atoms with E-state index < -0.39 is 0 Å². The zero-order valence-corrected chi connectivity index (χ0v) is 13.3. The summed E-state index contributed by atoms with van der Waals surface area (Å²) in [4.78, 5) is 0. The van der Waals surface area contributed by atoms with E-state index in [1.54, 1.807) is 11.1 Å². The Morgan fingerprint density at radius 1 is 1.14 bits per heavy atom. The van der Waals surface area contributed by atoms with E-state index in [2.05, 4.69) is 43.4 Å². The van der Waals surface area contributed by atoms with Crippen LogP contribution in [0.2, 0.25) is 0 Å². The molecular formula is C19H27NO. The van der Waals surface area contributed by atoms with Gasteiger partial charge >= 0.3 is 0 Å². The largest absolute Gasteiger partial charge is 0.377 e. The lowest BCUT2D eigenvalue weighted by atomic mass is 9.55. The molecule has 0 aromatic heterocycles. The third-order valence-corrected chi connectivity index (χ3v) is 6.08. The van der Waals surface area contributed by atoms with Crippen molar-refractivity contribution in [2.24, 2.45) is 11.3 Å². The quantitative estimate of drug-likeness (QED) is 0.891. The molecule has 21 heavy (non-hydrogen) atoms. The van der Waals surface area contributed by atoms with Gasteiger partial charge in [0, 0.05) is 30.0 Å². The second kappa shape index (κ2) is 5.10. The van der Waals surface area contributed by atoms with Crippen LogP contribution in [-0.2, 0) is 11.2 Å². The van der Waals surface area contributed by atoms with Crippen molar-refractivity contribution in [1.29, 1.82) is 0 Å². The number of hydrogen-bond donors (Lipinski definition) is 1. The molecule has 1 saturated carbocycles.